The van der Waals surface area contributed by atoms with Crippen LogP contribution in [-0.2, 0) is 4.79 Å². The summed E-state index contributed by atoms with van der Waals surface area (Å²) in [7, 11) is 0. The van der Waals surface area contributed by atoms with Crippen LogP contribution in [0.1, 0.15) is 19.4 Å². The second kappa shape index (κ2) is 4.42. The molecule has 0 saturated carbocycles. The summed E-state index contributed by atoms with van der Waals surface area (Å²) in [5.74, 6) is -0.873. The highest BCUT2D eigenvalue weighted by molar-refractivity contribution is 9.10. The normalized spacial score (nSPS) is 12.2. The highest BCUT2D eigenvalue weighted by Gasteiger charge is 2.06. The van der Waals surface area contributed by atoms with Gasteiger partial charge in [0.25, 0.3) is 0 Å². The second-order valence-corrected chi connectivity index (χ2v) is 3.98. The van der Waals surface area contributed by atoms with Crippen molar-refractivity contribution >= 4 is 27.5 Å². The molecular formula is C11H11BrO2. The minimum absolute atomic E-state index is 0.378. The molecule has 0 aliphatic carbocycles. The standard InChI is InChI=1S/C11H11BrO2/c1-7(8(2)11(13)14)9-4-3-5-10(12)6-9/h3-6H,1-2H3,(H,13,14). The van der Waals surface area contributed by atoms with E-state index in [1.165, 1.54) is 0 Å². The predicted octanol–water partition coefficient (Wildman–Crippen LogP) is 3.33. The van der Waals surface area contributed by atoms with Crippen molar-refractivity contribution in [2.45, 2.75) is 13.8 Å². The zero-order valence-corrected chi connectivity index (χ0v) is 9.63. The zero-order valence-electron chi connectivity index (χ0n) is 8.04. The molecule has 0 radical (unpaired) electrons. The van der Waals surface area contributed by atoms with Crippen molar-refractivity contribution in [2.75, 3.05) is 0 Å². The molecule has 0 amide bonds. The third kappa shape index (κ3) is 2.45. The van der Waals surface area contributed by atoms with Crippen LogP contribution in [0.25, 0.3) is 5.57 Å². The van der Waals surface area contributed by atoms with Crippen molar-refractivity contribution in [3.8, 4) is 0 Å². The Balaban J connectivity index is 3.18. The zero-order chi connectivity index (χ0) is 10.7. The molecule has 1 rings (SSSR count). The molecule has 74 valence electrons. The molecule has 14 heavy (non-hydrogen) atoms. The van der Waals surface area contributed by atoms with E-state index in [1.807, 2.05) is 31.2 Å². The minimum atomic E-state index is -0.873. The fourth-order valence-electron chi connectivity index (χ4n) is 1.10. The van der Waals surface area contributed by atoms with Gasteiger partial charge in [-0.25, -0.2) is 4.79 Å². The van der Waals surface area contributed by atoms with Crippen LogP contribution < -0.4 is 0 Å². The number of hydrogen-bond donors (Lipinski definition) is 1. The molecule has 1 aromatic carbocycles. The van der Waals surface area contributed by atoms with Crippen LogP contribution in [0.15, 0.2) is 34.3 Å². The summed E-state index contributed by atoms with van der Waals surface area (Å²) in [4.78, 5) is 10.7. The predicted molar refractivity (Wildman–Crippen MR) is 60.0 cm³/mol. The fourth-order valence-corrected chi connectivity index (χ4v) is 1.50. The van der Waals surface area contributed by atoms with Gasteiger partial charge in [-0.1, -0.05) is 28.1 Å². The molecule has 1 aromatic rings. The summed E-state index contributed by atoms with van der Waals surface area (Å²) < 4.78 is 0.951. The number of carboxylic acids is 1. The fraction of sp³-hybridized carbons (Fsp3) is 0.182. The van der Waals surface area contributed by atoms with E-state index in [9.17, 15) is 4.79 Å². The van der Waals surface area contributed by atoms with Gasteiger partial charge >= 0.3 is 5.97 Å². The summed E-state index contributed by atoms with van der Waals surface area (Å²) in [6, 6.07) is 7.60. The lowest BCUT2D eigenvalue weighted by Gasteiger charge is -2.04. The van der Waals surface area contributed by atoms with Gasteiger partial charge in [0, 0.05) is 10.0 Å². The highest BCUT2D eigenvalue weighted by atomic mass is 79.9. The van der Waals surface area contributed by atoms with Gasteiger partial charge in [0.2, 0.25) is 0 Å². The first kappa shape index (κ1) is 11.0. The number of allylic oxidation sites excluding steroid dienone is 1. The molecule has 0 atom stereocenters. The summed E-state index contributed by atoms with van der Waals surface area (Å²) in [6.45, 7) is 3.42. The van der Waals surface area contributed by atoms with E-state index in [0.717, 1.165) is 15.6 Å². The Morgan fingerprint density at radius 2 is 2.00 bits per heavy atom. The molecule has 0 saturated heterocycles. The highest BCUT2D eigenvalue weighted by Crippen LogP contribution is 2.21. The van der Waals surface area contributed by atoms with Crippen LogP contribution in [0.4, 0.5) is 0 Å². The molecule has 0 heterocycles. The number of rotatable bonds is 2. The van der Waals surface area contributed by atoms with Gasteiger partial charge < -0.3 is 5.11 Å². The van der Waals surface area contributed by atoms with Crippen molar-refractivity contribution in [1.29, 1.82) is 0 Å². The van der Waals surface area contributed by atoms with Gasteiger partial charge in [0.05, 0.1) is 0 Å². The van der Waals surface area contributed by atoms with Crippen molar-refractivity contribution in [1.82, 2.24) is 0 Å². The second-order valence-electron chi connectivity index (χ2n) is 3.07. The maximum Gasteiger partial charge on any atom is 0.331 e. The smallest absolute Gasteiger partial charge is 0.331 e. The van der Waals surface area contributed by atoms with E-state index in [-0.39, 0.29) is 0 Å². The molecule has 0 fully saturated rings. The summed E-state index contributed by atoms with van der Waals surface area (Å²) in [5.41, 5.74) is 2.10. The average Bonchev–Trinajstić information content (AvgIpc) is 2.15. The van der Waals surface area contributed by atoms with Crippen LogP contribution >= 0.6 is 15.9 Å². The van der Waals surface area contributed by atoms with Crippen molar-refractivity contribution < 1.29 is 9.90 Å². The molecule has 0 aromatic heterocycles. The maximum atomic E-state index is 10.7. The lowest BCUT2D eigenvalue weighted by Crippen LogP contribution is -1.99. The third-order valence-corrected chi connectivity index (χ3v) is 2.63. The SMILES string of the molecule is CC(C(=O)O)=C(C)c1cccc(Br)c1. The van der Waals surface area contributed by atoms with Crippen LogP contribution in [0.5, 0.6) is 0 Å². The van der Waals surface area contributed by atoms with Gasteiger partial charge in [-0.3, -0.25) is 0 Å². The Bertz CT molecular complexity index is 394. The van der Waals surface area contributed by atoms with Crippen molar-refractivity contribution in [3.63, 3.8) is 0 Å². The Labute approximate surface area is 91.4 Å². The van der Waals surface area contributed by atoms with Crippen LogP contribution in [0.2, 0.25) is 0 Å². The Hall–Kier alpha value is -1.09. The minimum Gasteiger partial charge on any atom is -0.478 e. The lowest BCUT2D eigenvalue weighted by atomic mass is 10.0. The topological polar surface area (TPSA) is 37.3 Å². The molecule has 0 unspecified atom stereocenters. The molecular weight excluding hydrogens is 244 g/mol. The van der Waals surface area contributed by atoms with Crippen LogP contribution in [-0.4, -0.2) is 11.1 Å². The number of hydrogen-bond acceptors (Lipinski definition) is 1. The maximum absolute atomic E-state index is 10.7. The van der Waals surface area contributed by atoms with Gasteiger partial charge in [0.1, 0.15) is 0 Å². The van der Waals surface area contributed by atoms with Crippen molar-refractivity contribution in [2.24, 2.45) is 0 Å². The Morgan fingerprint density at radius 1 is 1.36 bits per heavy atom. The van der Waals surface area contributed by atoms with E-state index >= 15 is 0 Å². The molecule has 3 heteroatoms. The molecule has 2 nitrogen and oxygen atoms in total. The van der Waals surface area contributed by atoms with Gasteiger partial charge in [0.15, 0.2) is 0 Å². The third-order valence-electron chi connectivity index (χ3n) is 2.14. The first-order chi connectivity index (χ1) is 6.52. The van der Waals surface area contributed by atoms with E-state index in [2.05, 4.69) is 15.9 Å². The Kier molecular flexibility index (Phi) is 3.47. The molecule has 0 aliphatic rings. The first-order valence-corrected chi connectivity index (χ1v) is 4.98. The lowest BCUT2D eigenvalue weighted by molar-refractivity contribution is -0.132. The summed E-state index contributed by atoms with van der Waals surface area (Å²) in [6.07, 6.45) is 0. The monoisotopic (exact) mass is 254 g/mol. The van der Waals surface area contributed by atoms with E-state index in [1.54, 1.807) is 6.92 Å². The largest absolute Gasteiger partial charge is 0.478 e. The van der Waals surface area contributed by atoms with Gasteiger partial charge in [-0.2, -0.15) is 0 Å². The van der Waals surface area contributed by atoms with Crippen LogP contribution in [0.3, 0.4) is 0 Å². The molecule has 0 bridgehead atoms. The van der Waals surface area contributed by atoms with Gasteiger partial charge in [-0.15, -0.1) is 0 Å². The quantitative estimate of drug-likeness (QED) is 0.823. The summed E-state index contributed by atoms with van der Waals surface area (Å²) >= 11 is 3.35. The van der Waals surface area contributed by atoms with Crippen LogP contribution in [0, 0.1) is 0 Å². The van der Waals surface area contributed by atoms with Gasteiger partial charge in [-0.05, 0) is 37.1 Å². The summed E-state index contributed by atoms with van der Waals surface area (Å²) in [5, 5.41) is 8.81. The Morgan fingerprint density at radius 3 is 2.50 bits per heavy atom. The van der Waals surface area contributed by atoms with E-state index in [4.69, 9.17) is 5.11 Å². The molecule has 1 N–H and O–H groups in total. The number of benzene rings is 1. The molecule has 0 aliphatic heterocycles. The number of halogens is 1. The van der Waals surface area contributed by atoms with E-state index in [0.29, 0.717) is 5.57 Å². The number of carbonyl (C=O) groups is 1. The van der Waals surface area contributed by atoms with E-state index < -0.39 is 5.97 Å². The van der Waals surface area contributed by atoms with Crippen molar-refractivity contribution in [3.05, 3.63) is 39.9 Å². The number of carboxylic acid groups (broad SMARTS) is 1. The number of aliphatic carboxylic acids is 1. The first-order valence-electron chi connectivity index (χ1n) is 4.19. The average molecular weight is 255 g/mol. The molecule has 0 spiro atoms.